The first-order valence-corrected chi connectivity index (χ1v) is 6.18. The van der Waals surface area contributed by atoms with Crippen molar-refractivity contribution in [3.05, 3.63) is 35.4 Å². The van der Waals surface area contributed by atoms with Crippen LogP contribution < -0.4 is 0 Å². The molecule has 1 aromatic rings. The molecule has 0 unspecified atom stereocenters. The zero-order valence-corrected chi connectivity index (χ0v) is 10.1. The molecule has 1 aromatic carbocycles. The lowest BCUT2D eigenvalue weighted by molar-refractivity contribution is 0.0751. The van der Waals surface area contributed by atoms with Gasteiger partial charge >= 0.3 is 0 Å². The van der Waals surface area contributed by atoms with Crippen molar-refractivity contribution in [3.63, 3.8) is 0 Å². The minimum Gasteiger partial charge on any atom is -0.381 e. The van der Waals surface area contributed by atoms with Crippen molar-refractivity contribution in [1.82, 2.24) is 4.90 Å². The minimum atomic E-state index is 0.166. The summed E-state index contributed by atoms with van der Waals surface area (Å²) >= 11 is 0. The van der Waals surface area contributed by atoms with Gasteiger partial charge in [-0.2, -0.15) is 0 Å². The van der Waals surface area contributed by atoms with Gasteiger partial charge in [-0.1, -0.05) is 17.7 Å². The van der Waals surface area contributed by atoms with E-state index in [0.29, 0.717) is 11.8 Å². The molecule has 2 aliphatic rings. The molecule has 0 spiro atoms. The molecule has 0 radical (unpaired) electrons. The average Bonchev–Trinajstić information content (AvgIpc) is 2.89. The maximum Gasteiger partial charge on any atom is 0.253 e. The monoisotopic (exact) mass is 231 g/mol. The number of hydrogen-bond donors (Lipinski definition) is 0. The summed E-state index contributed by atoms with van der Waals surface area (Å²) in [6.07, 6.45) is 0. The Morgan fingerprint density at radius 3 is 2.35 bits per heavy atom. The highest BCUT2D eigenvalue weighted by Gasteiger charge is 2.39. The molecule has 3 rings (SSSR count). The Labute approximate surface area is 101 Å². The van der Waals surface area contributed by atoms with Crippen molar-refractivity contribution < 1.29 is 9.53 Å². The van der Waals surface area contributed by atoms with Crippen LogP contribution in [0, 0.1) is 18.8 Å². The number of fused-ring (bicyclic) bond motifs is 1. The van der Waals surface area contributed by atoms with E-state index in [9.17, 15) is 4.79 Å². The fourth-order valence-electron chi connectivity index (χ4n) is 2.73. The normalized spacial score (nSPS) is 27.2. The Hall–Kier alpha value is -1.35. The molecule has 17 heavy (non-hydrogen) atoms. The number of carbonyl (C=O) groups excluding carboxylic acids is 1. The lowest BCUT2D eigenvalue weighted by Gasteiger charge is -2.17. The Morgan fingerprint density at radius 2 is 1.76 bits per heavy atom. The number of aryl methyl sites for hydroxylation is 1. The van der Waals surface area contributed by atoms with Gasteiger partial charge in [0.05, 0.1) is 13.2 Å². The minimum absolute atomic E-state index is 0.166. The third kappa shape index (κ3) is 1.95. The molecule has 2 atom stereocenters. The van der Waals surface area contributed by atoms with Crippen LogP contribution in [0.3, 0.4) is 0 Å². The third-order valence-corrected chi connectivity index (χ3v) is 3.83. The first kappa shape index (κ1) is 10.8. The van der Waals surface area contributed by atoms with Crippen molar-refractivity contribution in [3.8, 4) is 0 Å². The second kappa shape index (κ2) is 4.15. The molecule has 1 amide bonds. The van der Waals surface area contributed by atoms with Crippen LogP contribution in [0.15, 0.2) is 24.3 Å². The van der Waals surface area contributed by atoms with E-state index in [-0.39, 0.29) is 5.91 Å². The van der Waals surface area contributed by atoms with E-state index in [0.717, 1.165) is 31.9 Å². The number of hydrogen-bond acceptors (Lipinski definition) is 2. The number of rotatable bonds is 1. The molecular weight excluding hydrogens is 214 g/mol. The van der Waals surface area contributed by atoms with Crippen molar-refractivity contribution in [2.24, 2.45) is 11.8 Å². The van der Waals surface area contributed by atoms with Gasteiger partial charge in [0.25, 0.3) is 5.91 Å². The second-order valence-corrected chi connectivity index (χ2v) is 5.13. The highest BCUT2D eigenvalue weighted by molar-refractivity contribution is 5.94. The van der Waals surface area contributed by atoms with E-state index >= 15 is 0 Å². The SMILES string of the molecule is Cc1ccc(C(=O)N2C[C@H]3COC[C@H]3C2)cc1. The smallest absolute Gasteiger partial charge is 0.253 e. The van der Waals surface area contributed by atoms with Gasteiger partial charge in [0.15, 0.2) is 0 Å². The van der Waals surface area contributed by atoms with Gasteiger partial charge in [-0.15, -0.1) is 0 Å². The molecule has 3 nitrogen and oxygen atoms in total. The van der Waals surface area contributed by atoms with E-state index in [1.165, 1.54) is 5.56 Å². The van der Waals surface area contributed by atoms with E-state index in [1.54, 1.807) is 0 Å². The number of nitrogens with zero attached hydrogens (tertiary/aromatic N) is 1. The zero-order chi connectivity index (χ0) is 11.8. The van der Waals surface area contributed by atoms with E-state index in [4.69, 9.17) is 4.74 Å². The highest BCUT2D eigenvalue weighted by atomic mass is 16.5. The largest absolute Gasteiger partial charge is 0.381 e. The maximum atomic E-state index is 12.3. The van der Waals surface area contributed by atoms with Crippen LogP contribution in [0.25, 0.3) is 0 Å². The van der Waals surface area contributed by atoms with Crippen LogP contribution >= 0.6 is 0 Å². The number of likely N-dealkylation sites (tertiary alicyclic amines) is 1. The fourth-order valence-corrected chi connectivity index (χ4v) is 2.73. The van der Waals surface area contributed by atoms with Gasteiger partial charge < -0.3 is 9.64 Å². The summed E-state index contributed by atoms with van der Waals surface area (Å²) < 4.78 is 5.42. The zero-order valence-electron chi connectivity index (χ0n) is 10.1. The van der Waals surface area contributed by atoms with Gasteiger partial charge in [-0.3, -0.25) is 4.79 Å². The van der Waals surface area contributed by atoms with Gasteiger partial charge in [0, 0.05) is 30.5 Å². The summed E-state index contributed by atoms with van der Waals surface area (Å²) in [4.78, 5) is 14.2. The molecule has 0 aliphatic carbocycles. The summed E-state index contributed by atoms with van der Waals surface area (Å²) in [5.74, 6) is 1.29. The summed E-state index contributed by atoms with van der Waals surface area (Å²) in [5.41, 5.74) is 1.99. The van der Waals surface area contributed by atoms with E-state index in [1.807, 2.05) is 36.1 Å². The van der Waals surface area contributed by atoms with Crippen LogP contribution in [0.4, 0.5) is 0 Å². The molecule has 0 N–H and O–H groups in total. The van der Waals surface area contributed by atoms with Crippen molar-refractivity contribution in [1.29, 1.82) is 0 Å². The van der Waals surface area contributed by atoms with Crippen LogP contribution in [-0.4, -0.2) is 37.1 Å². The number of benzene rings is 1. The molecule has 90 valence electrons. The molecule has 2 heterocycles. The quantitative estimate of drug-likeness (QED) is 0.736. The Kier molecular flexibility index (Phi) is 2.63. The Balaban J connectivity index is 1.73. The highest BCUT2D eigenvalue weighted by Crippen LogP contribution is 2.29. The molecular formula is C14H17NO2. The molecule has 0 saturated carbocycles. The van der Waals surface area contributed by atoms with Crippen LogP contribution in [0.2, 0.25) is 0 Å². The molecule has 2 aliphatic heterocycles. The molecule has 2 saturated heterocycles. The van der Waals surface area contributed by atoms with Gasteiger partial charge in [-0.25, -0.2) is 0 Å². The summed E-state index contributed by atoms with van der Waals surface area (Å²) in [5, 5.41) is 0. The lowest BCUT2D eigenvalue weighted by Crippen LogP contribution is -2.30. The first-order valence-electron chi connectivity index (χ1n) is 6.18. The van der Waals surface area contributed by atoms with Crippen LogP contribution in [0.1, 0.15) is 15.9 Å². The van der Waals surface area contributed by atoms with Gasteiger partial charge in [0.2, 0.25) is 0 Å². The van der Waals surface area contributed by atoms with Gasteiger partial charge in [-0.05, 0) is 19.1 Å². The van der Waals surface area contributed by atoms with Crippen molar-refractivity contribution >= 4 is 5.91 Å². The number of amides is 1. The summed E-state index contributed by atoms with van der Waals surface area (Å²) in [6.45, 7) is 5.39. The first-order chi connectivity index (χ1) is 8.24. The molecule has 0 bridgehead atoms. The Morgan fingerprint density at radius 1 is 1.18 bits per heavy atom. The van der Waals surface area contributed by atoms with Crippen LogP contribution in [-0.2, 0) is 4.74 Å². The number of carbonyl (C=O) groups is 1. The lowest BCUT2D eigenvalue weighted by atomic mass is 10.0. The Bertz CT molecular complexity index is 414. The molecule has 2 fully saturated rings. The summed E-state index contributed by atoms with van der Waals surface area (Å²) in [6, 6.07) is 7.82. The average molecular weight is 231 g/mol. The number of ether oxygens (including phenoxy) is 1. The van der Waals surface area contributed by atoms with Crippen molar-refractivity contribution in [2.75, 3.05) is 26.3 Å². The van der Waals surface area contributed by atoms with E-state index in [2.05, 4.69) is 0 Å². The second-order valence-electron chi connectivity index (χ2n) is 5.13. The van der Waals surface area contributed by atoms with E-state index < -0.39 is 0 Å². The fraction of sp³-hybridized carbons (Fsp3) is 0.500. The van der Waals surface area contributed by atoms with Crippen molar-refractivity contribution in [2.45, 2.75) is 6.92 Å². The topological polar surface area (TPSA) is 29.5 Å². The molecule has 0 aromatic heterocycles. The predicted octanol–water partition coefficient (Wildman–Crippen LogP) is 1.71. The van der Waals surface area contributed by atoms with Gasteiger partial charge in [0.1, 0.15) is 0 Å². The maximum absolute atomic E-state index is 12.3. The third-order valence-electron chi connectivity index (χ3n) is 3.83. The predicted molar refractivity (Wildman–Crippen MR) is 64.9 cm³/mol. The standard InChI is InChI=1S/C14H17NO2/c1-10-2-4-11(5-3-10)14(16)15-6-12-8-17-9-13(12)7-15/h2-5,12-13H,6-9H2,1H3/t12-,13+. The summed E-state index contributed by atoms with van der Waals surface area (Å²) in [7, 11) is 0. The van der Waals surface area contributed by atoms with Crippen LogP contribution in [0.5, 0.6) is 0 Å². The molecule has 3 heteroatoms.